The van der Waals surface area contributed by atoms with Gasteiger partial charge in [-0.3, -0.25) is 9.59 Å². The molecule has 4 heteroatoms. The lowest BCUT2D eigenvalue weighted by Crippen LogP contribution is -2.07. The topological polar surface area (TPSA) is 62.8 Å². The van der Waals surface area contributed by atoms with Crippen molar-refractivity contribution in [3.8, 4) is 0 Å². The molecule has 0 saturated carbocycles. The van der Waals surface area contributed by atoms with Gasteiger partial charge in [-0.1, -0.05) is 72.8 Å². The van der Waals surface area contributed by atoms with Crippen molar-refractivity contribution in [3.05, 3.63) is 108 Å². The van der Waals surface area contributed by atoms with Crippen molar-refractivity contribution in [2.45, 2.75) is 12.8 Å². The number of carbonyl (C=O) groups excluding carboxylic acids is 2. The van der Waals surface area contributed by atoms with E-state index in [4.69, 9.17) is 0 Å². The van der Waals surface area contributed by atoms with Gasteiger partial charge in [0.2, 0.25) is 5.78 Å². The van der Waals surface area contributed by atoms with Crippen LogP contribution in [0.4, 0.5) is 0 Å². The lowest BCUT2D eigenvalue weighted by Gasteiger charge is -2.06. The van der Waals surface area contributed by atoms with Crippen LogP contribution in [0.3, 0.4) is 0 Å². The molecule has 4 nitrogen and oxygen atoms in total. The highest BCUT2D eigenvalue weighted by atomic mass is 16.1. The Morgan fingerprint density at radius 1 is 0.897 bits per heavy atom. The minimum Gasteiger partial charge on any atom is -0.342 e. The van der Waals surface area contributed by atoms with Crippen LogP contribution >= 0.6 is 0 Å². The van der Waals surface area contributed by atoms with Crippen molar-refractivity contribution in [3.63, 3.8) is 0 Å². The van der Waals surface area contributed by atoms with E-state index in [1.807, 2.05) is 48.5 Å². The summed E-state index contributed by atoms with van der Waals surface area (Å²) < 4.78 is 0. The Bertz CT molecular complexity index is 1170. The molecule has 0 aliphatic heterocycles. The fourth-order valence-corrected chi connectivity index (χ4v) is 3.35. The molecule has 0 aliphatic rings. The maximum atomic E-state index is 12.6. The van der Waals surface area contributed by atoms with E-state index < -0.39 is 0 Å². The number of hydrogen-bond donors (Lipinski definition) is 1. The van der Waals surface area contributed by atoms with Gasteiger partial charge in [0.05, 0.1) is 0 Å². The van der Waals surface area contributed by atoms with Gasteiger partial charge < -0.3 is 4.98 Å². The van der Waals surface area contributed by atoms with Crippen molar-refractivity contribution in [2.75, 3.05) is 0 Å². The first-order valence-electron chi connectivity index (χ1n) is 9.48. The van der Waals surface area contributed by atoms with Crippen LogP contribution in [0.1, 0.15) is 27.3 Å². The van der Waals surface area contributed by atoms with Crippen LogP contribution in [0.25, 0.3) is 16.8 Å². The zero-order chi connectivity index (χ0) is 20.1. The molecule has 3 aromatic carbocycles. The number of Topliss-reactive ketones (excluding diaryl/α,β-unsaturated/α-hetero) is 1. The van der Waals surface area contributed by atoms with Gasteiger partial charge in [0.15, 0.2) is 5.82 Å². The number of aromatic amines is 1. The summed E-state index contributed by atoms with van der Waals surface area (Å²) in [5.41, 5.74) is 2.92. The van der Waals surface area contributed by atoms with Gasteiger partial charge in [0.1, 0.15) is 5.78 Å². The van der Waals surface area contributed by atoms with Crippen LogP contribution in [-0.2, 0) is 17.6 Å². The van der Waals surface area contributed by atoms with E-state index in [-0.39, 0.29) is 11.6 Å². The van der Waals surface area contributed by atoms with Gasteiger partial charge in [0, 0.05) is 25.2 Å². The molecule has 0 saturated heterocycles. The van der Waals surface area contributed by atoms with E-state index in [1.165, 1.54) is 6.08 Å². The number of benzene rings is 3. The Morgan fingerprint density at radius 2 is 1.69 bits per heavy atom. The normalized spacial score (nSPS) is 11.2. The average Bonchev–Trinajstić information content (AvgIpc) is 3.28. The van der Waals surface area contributed by atoms with Gasteiger partial charge in [-0.2, -0.15) is 0 Å². The Kier molecular flexibility index (Phi) is 5.43. The van der Waals surface area contributed by atoms with Crippen LogP contribution in [0, 0.1) is 0 Å². The van der Waals surface area contributed by atoms with Crippen molar-refractivity contribution < 1.29 is 9.59 Å². The number of ketones is 2. The van der Waals surface area contributed by atoms with Gasteiger partial charge in [0.25, 0.3) is 0 Å². The van der Waals surface area contributed by atoms with Crippen molar-refractivity contribution in [1.82, 2.24) is 9.97 Å². The Labute approximate surface area is 168 Å². The number of hydrogen-bond acceptors (Lipinski definition) is 3. The third kappa shape index (κ3) is 4.55. The zero-order valence-electron chi connectivity index (χ0n) is 15.8. The summed E-state index contributed by atoms with van der Waals surface area (Å²) >= 11 is 0. The van der Waals surface area contributed by atoms with E-state index in [9.17, 15) is 9.59 Å². The van der Waals surface area contributed by atoms with Crippen LogP contribution in [-0.4, -0.2) is 21.5 Å². The van der Waals surface area contributed by atoms with Gasteiger partial charge in [-0.15, -0.1) is 0 Å². The lowest BCUT2D eigenvalue weighted by atomic mass is 9.97. The Hall–Kier alpha value is -3.79. The number of allylic oxidation sites excluding steroid dienone is 1. The van der Waals surface area contributed by atoms with Crippen LogP contribution in [0.2, 0.25) is 0 Å². The van der Waals surface area contributed by atoms with E-state index >= 15 is 0 Å². The second-order valence-corrected chi connectivity index (χ2v) is 6.91. The summed E-state index contributed by atoms with van der Waals surface area (Å²) in [6, 6.07) is 21.9. The third-order valence-corrected chi connectivity index (χ3v) is 4.81. The molecule has 0 unspecified atom stereocenters. The minimum atomic E-state index is -0.177. The fourth-order valence-electron chi connectivity index (χ4n) is 3.35. The molecule has 1 heterocycles. The number of nitrogens with one attached hydrogen (secondary N) is 1. The number of aromatic nitrogens is 2. The summed E-state index contributed by atoms with van der Waals surface area (Å²) in [5.74, 6) is 0.318. The summed E-state index contributed by atoms with van der Waals surface area (Å²) in [6.45, 7) is 0. The van der Waals surface area contributed by atoms with E-state index in [2.05, 4.69) is 28.2 Å². The second-order valence-electron chi connectivity index (χ2n) is 6.91. The second kappa shape index (κ2) is 8.48. The van der Waals surface area contributed by atoms with Gasteiger partial charge >= 0.3 is 0 Å². The standard InChI is InChI=1S/C25H20N2O2/c28-22(17-21-6-3-5-20-4-1-2-7-23(20)21)16-19-10-8-18(9-11-19)12-13-24(29)25-26-14-15-27-25/h1-15H,16-17H2,(H,26,27)/b13-12+. The summed E-state index contributed by atoms with van der Waals surface area (Å²) in [4.78, 5) is 31.2. The number of nitrogens with zero attached hydrogens (tertiary/aromatic N) is 1. The predicted molar refractivity (Wildman–Crippen MR) is 115 cm³/mol. The van der Waals surface area contributed by atoms with Gasteiger partial charge in [-0.05, 0) is 33.5 Å². The molecular weight excluding hydrogens is 360 g/mol. The molecule has 0 spiro atoms. The smallest absolute Gasteiger partial charge is 0.221 e. The maximum Gasteiger partial charge on any atom is 0.221 e. The lowest BCUT2D eigenvalue weighted by molar-refractivity contribution is -0.117. The van der Waals surface area contributed by atoms with Crippen LogP contribution in [0.15, 0.2) is 85.2 Å². The highest BCUT2D eigenvalue weighted by Crippen LogP contribution is 2.19. The van der Waals surface area contributed by atoms with E-state index in [0.717, 1.165) is 27.5 Å². The highest BCUT2D eigenvalue weighted by molar-refractivity contribution is 6.04. The molecule has 142 valence electrons. The molecule has 4 aromatic rings. The number of rotatable bonds is 7. The first kappa shape index (κ1) is 18.6. The molecular formula is C25H20N2O2. The predicted octanol–water partition coefficient (Wildman–Crippen LogP) is 4.81. The molecule has 29 heavy (non-hydrogen) atoms. The summed E-state index contributed by atoms with van der Waals surface area (Å²) in [7, 11) is 0. The van der Waals surface area contributed by atoms with E-state index in [1.54, 1.807) is 18.5 Å². The van der Waals surface area contributed by atoms with Crippen molar-refractivity contribution in [1.29, 1.82) is 0 Å². The SMILES string of the molecule is O=C(Cc1ccc(/C=C/C(=O)c2ncc[nH]2)cc1)Cc1cccc2ccccc12. The highest BCUT2D eigenvalue weighted by Gasteiger charge is 2.08. The van der Waals surface area contributed by atoms with E-state index in [0.29, 0.717) is 18.7 Å². The van der Waals surface area contributed by atoms with Crippen molar-refractivity contribution >= 4 is 28.4 Å². The molecule has 1 N–H and O–H groups in total. The summed E-state index contributed by atoms with van der Waals surface area (Å²) in [6.07, 6.45) is 7.20. The molecule has 4 rings (SSSR count). The maximum absolute atomic E-state index is 12.6. The number of imidazole rings is 1. The average molecular weight is 380 g/mol. The van der Waals surface area contributed by atoms with Crippen molar-refractivity contribution in [2.24, 2.45) is 0 Å². The molecule has 0 radical (unpaired) electrons. The largest absolute Gasteiger partial charge is 0.342 e. The fraction of sp³-hybridized carbons (Fsp3) is 0.0800. The quantitative estimate of drug-likeness (QED) is 0.370. The molecule has 0 atom stereocenters. The third-order valence-electron chi connectivity index (χ3n) is 4.81. The van der Waals surface area contributed by atoms with Gasteiger partial charge in [-0.25, -0.2) is 4.98 Å². The van der Waals surface area contributed by atoms with Crippen LogP contribution < -0.4 is 0 Å². The molecule has 0 bridgehead atoms. The minimum absolute atomic E-state index is 0.177. The molecule has 0 aliphatic carbocycles. The first-order valence-corrected chi connectivity index (χ1v) is 9.48. The number of H-pyrrole nitrogens is 1. The Balaban J connectivity index is 1.39. The number of carbonyl (C=O) groups is 2. The molecule has 0 amide bonds. The number of fused-ring (bicyclic) bond motifs is 1. The first-order chi connectivity index (χ1) is 14.2. The zero-order valence-corrected chi connectivity index (χ0v) is 15.8. The monoisotopic (exact) mass is 380 g/mol. The summed E-state index contributed by atoms with van der Waals surface area (Å²) in [5, 5.41) is 2.28. The molecule has 1 aromatic heterocycles. The molecule has 0 fully saturated rings. The van der Waals surface area contributed by atoms with Crippen LogP contribution in [0.5, 0.6) is 0 Å². The Morgan fingerprint density at radius 3 is 2.48 bits per heavy atom.